The molecule has 4 nitrogen and oxygen atoms in total. The average molecular weight is 230 g/mol. The van der Waals surface area contributed by atoms with Crippen LogP contribution in [0.4, 0.5) is 0 Å². The number of nitrogens with one attached hydrogen (secondary N) is 1. The largest absolute Gasteiger partial charge is 0.379 e. The van der Waals surface area contributed by atoms with Crippen LogP contribution in [0.25, 0.3) is 0 Å². The van der Waals surface area contributed by atoms with Crippen LogP contribution in [0.5, 0.6) is 0 Å². The lowest BCUT2D eigenvalue weighted by Gasteiger charge is -2.22. The van der Waals surface area contributed by atoms with E-state index in [0.29, 0.717) is 24.4 Å². The van der Waals surface area contributed by atoms with Crippen LogP contribution in [0.1, 0.15) is 19.3 Å². The smallest absolute Gasteiger partial charge is 0.242 e. The minimum Gasteiger partial charge on any atom is -0.379 e. The van der Waals surface area contributed by atoms with E-state index in [-0.39, 0.29) is 5.91 Å². The molecule has 15 heavy (non-hydrogen) atoms. The first kappa shape index (κ1) is 11.2. The average Bonchev–Trinajstić information content (AvgIpc) is 2.90. The molecule has 1 atom stereocenters. The maximum Gasteiger partial charge on any atom is 0.242 e. The Bertz CT molecular complexity index is 260. The van der Waals surface area contributed by atoms with Crippen LogP contribution in [0.3, 0.4) is 0 Å². The number of carbonyl (C=O) groups excluding carboxylic acids is 1. The Balaban J connectivity index is 1.82. The van der Waals surface area contributed by atoms with Gasteiger partial charge in [-0.05, 0) is 25.5 Å². The molecule has 0 aromatic carbocycles. The highest BCUT2D eigenvalue weighted by Crippen LogP contribution is 2.46. The van der Waals surface area contributed by atoms with Gasteiger partial charge in [-0.1, -0.05) is 0 Å². The number of thioether (sulfide) groups is 1. The summed E-state index contributed by atoms with van der Waals surface area (Å²) in [6.07, 6.45) is 5.12. The lowest BCUT2D eigenvalue weighted by molar-refractivity contribution is -0.126. The van der Waals surface area contributed by atoms with E-state index < -0.39 is 5.54 Å². The second kappa shape index (κ2) is 3.96. The molecule has 1 unspecified atom stereocenters. The summed E-state index contributed by atoms with van der Waals surface area (Å²) >= 11 is 1.83. The molecule has 0 bridgehead atoms. The number of nitrogens with two attached hydrogens (primary N) is 1. The summed E-state index contributed by atoms with van der Waals surface area (Å²) in [6.45, 7) is 1.69. The molecule has 1 saturated carbocycles. The molecule has 0 aromatic rings. The van der Waals surface area contributed by atoms with Crippen LogP contribution in [-0.2, 0) is 9.53 Å². The highest BCUT2D eigenvalue weighted by molar-refractivity contribution is 8.00. The Labute approximate surface area is 94.3 Å². The Morgan fingerprint density at radius 1 is 1.53 bits per heavy atom. The Morgan fingerprint density at radius 2 is 2.27 bits per heavy atom. The molecule has 3 N–H and O–H groups in total. The van der Waals surface area contributed by atoms with Gasteiger partial charge in [0.2, 0.25) is 5.91 Å². The normalized spacial score (nSPS) is 32.7. The molecular formula is C10H18N2O2S. The number of rotatable bonds is 4. The molecule has 1 heterocycles. The number of hydrogen-bond acceptors (Lipinski definition) is 4. The van der Waals surface area contributed by atoms with E-state index in [1.807, 2.05) is 11.8 Å². The van der Waals surface area contributed by atoms with Crippen molar-refractivity contribution in [1.82, 2.24) is 5.32 Å². The molecule has 1 saturated heterocycles. The summed E-state index contributed by atoms with van der Waals surface area (Å²) in [5, 5.41) is 2.95. The van der Waals surface area contributed by atoms with Gasteiger partial charge < -0.3 is 15.8 Å². The summed E-state index contributed by atoms with van der Waals surface area (Å²) in [7, 11) is 0. The highest BCUT2D eigenvalue weighted by atomic mass is 32.2. The third-order valence-corrected chi connectivity index (χ3v) is 4.73. The van der Waals surface area contributed by atoms with Gasteiger partial charge >= 0.3 is 0 Å². The van der Waals surface area contributed by atoms with Crippen molar-refractivity contribution in [3.05, 3.63) is 0 Å². The summed E-state index contributed by atoms with van der Waals surface area (Å²) in [5.74, 6) is -0.0553. The quantitative estimate of drug-likeness (QED) is 0.720. The molecule has 86 valence electrons. The molecule has 2 rings (SSSR count). The minimum atomic E-state index is -0.783. The van der Waals surface area contributed by atoms with E-state index >= 15 is 0 Å². The van der Waals surface area contributed by atoms with Crippen molar-refractivity contribution in [3.63, 3.8) is 0 Å². The van der Waals surface area contributed by atoms with Gasteiger partial charge in [-0.2, -0.15) is 11.8 Å². The zero-order chi connectivity index (χ0) is 10.9. The number of carbonyl (C=O) groups is 1. The maximum absolute atomic E-state index is 11.8. The van der Waals surface area contributed by atoms with Gasteiger partial charge in [0, 0.05) is 17.9 Å². The number of ether oxygens (including phenoxy) is 1. The Hall–Kier alpha value is -0.260. The van der Waals surface area contributed by atoms with Crippen molar-refractivity contribution in [2.45, 2.75) is 29.5 Å². The topological polar surface area (TPSA) is 64.4 Å². The van der Waals surface area contributed by atoms with Crippen LogP contribution in [0, 0.1) is 0 Å². The van der Waals surface area contributed by atoms with E-state index in [1.165, 1.54) is 12.8 Å². The summed E-state index contributed by atoms with van der Waals surface area (Å²) in [5.41, 5.74) is 5.17. The van der Waals surface area contributed by atoms with Gasteiger partial charge in [0.25, 0.3) is 0 Å². The van der Waals surface area contributed by atoms with E-state index in [1.54, 1.807) is 0 Å². The summed E-state index contributed by atoms with van der Waals surface area (Å²) in [6, 6.07) is 0. The summed E-state index contributed by atoms with van der Waals surface area (Å²) < 4.78 is 5.46. The van der Waals surface area contributed by atoms with Crippen LogP contribution >= 0.6 is 11.8 Å². The van der Waals surface area contributed by atoms with E-state index in [0.717, 1.165) is 6.54 Å². The molecule has 1 aliphatic heterocycles. The van der Waals surface area contributed by atoms with E-state index in [2.05, 4.69) is 11.6 Å². The Kier molecular flexibility index (Phi) is 2.96. The van der Waals surface area contributed by atoms with Crippen molar-refractivity contribution in [2.24, 2.45) is 5.73 Å². The number of amides is 1. The van der Waals surface area contributed by atoms with Crippen molar-refractivity contribution >= 4 is 17.7 Å². The third-order valence-electron chi connectivity index (χ3n) is 3.32. The van der Waals surface area contributed by atoms with Crippen molar-refractivity contribution in [2.75, 3.05) is 26.0 Å². The van der Waals surface area contributed by atoms with E-state index in [9.17, 15) is 4.79 Å². The fourth-order valence-corrected chi connectivity index (χ4v) is 2.50. The van der Waals surface area contributed by atoms with E-state index in [4.69, 9.17) is 10.5 Å². The van der Waals surface area contributed by atoms with Crippen LogP contribution < -0.4 is 11.1 Å². The number of hydrogen-bond donors (Lipinski definition) is 2. The molecular weight excluding hydrogens is 212 g/mol. The Morgan fingerprint density at radius 3 is 2.73 bits per heavy atom. The first-order valence-electron chi connectivity index (χ1n) is 5.30. The SMILES string of the molecule is CSC1(CNC(=O)C2(N)CCOC2)CC1. The molecule has 2 aliphatic rings. The predicted molar refractivity (Wildman–Crippen MR) is 60.8 cm³/mol. The lowest BCUT2D eigenvalue weighted by atomic mass is 9.99. The standard InChI is InChI=1S/C10H18N2O2S/c1-15-9(2-3-9)6-12-8(13)10(11)4-5-14-7-10/h2-7,11H2,1H3,(H,12,13). The van der Waals surface area contributed by atoms with Gasteiger partial charge in [0.1, 0.15) is 5.54 Å². The summed E-state index contributed by atoms with van der Waals surface area (Å²) in [4.78, 5) is 11.8. The highest BCUT2D eigenvalue weighted by Gasteiger charge is 2.44. The zero-order valence-corrected chi connectivity index (χ0v) is 9.86. The van der Waals surface area contributed by atoms with Gasteiger partial charge in [-0.15, -0.1) is 0 Å². The van der Waals surface area contributed by atoms with Crippen LogP contribution in [-0.4, -0.2) is 42.2 Å². The van der Waals surface area contributed by atoms with Gasteiger partial charge in [0.05, 0.1) is 6.61 Å². The fraction of sp³-hybridized carbons (Fsp3) is 0.900. The monoisotopic (exact) mass is 230 g/mol. The zero-order valence-electron chi connectivity index (χ0n) is 9.04. The molecule has 0 radical (unpaired) electrons. The fourth-order valence-electron chi connectivity index (χ4n) is 1.77. The van der Waals surface area contributed by atoms with Crippen molar-refractivity contribution in [1.29, 1.82) is 0 Å². The molecule has 2 fully saturated rings. The lowest BCUT2D eigenvalue weighted by Crippen LogP contribution is -2.55. The molecule has 0 spiro atoms. The second-order valence-corrected chi connectivity index (χ2v) is 5.80. The van der Waals surface area contributed by atoms with Crippen LogP contribution in [0.2, 0.25) is 0 Å². The molecule has 1 amide bonds. The third kappa shape index (κ3) is 2.29. The van der Waals surface area contributed by atoms with Crippen LogP contribution in [0.15, 0.2) is 0 Å². The molecule has 5 heteroatoms. The van der Waals surface area contributed by atoms with Gasteiger partial charge in [-0.3, -0.25) is 4.79 Å². The van der Waals surface area contributed by atoms with Crippen molar-refractivity contribution in [3.8, 4) is 0 Å². The maximum atomic E-state index is 11.8. The van der Waals surface area contributed by atoms with Gasteiger partial charge in [-0.25, -0.2) is 0 Å². The molecule has 1 aliphatic carbocycles. The minimum absolute atomic E-state index is 0.0553. The first-order chi connectivity index (χ1) is 7.10. The molecule has 0 aromatic heterocycles. The predicted octanol–water partition coefficient (Wildman–Crippen LogP) is 0.116. The van der Waals surface area contributed by atoms with Gasteiger partial charge in [0.15, 0.2) is 0 Å². The van der Waals surface area contributed by atoms with Crippen molar-refractivity contribution < 1.29 is 9.53 Å². The second-order valence-electron chi connectivity index (χ2n) is 4.53. The first-order valence-corrected chi connectivity index (χ1v) is 6.53.